The quantitative estimate of drug-likeness (QED) is 0.704. The van der Waals surface area contributed by atoms with E-state index in [0.29, 0.717) is 11.6 Å². The number of benzene rings is 1. The number of nitrogens with one attached hydrogen (secondary N) is 1. The molecule has 0 radical (unpaired) electrons. The summed E-state index contributed by atoms with van der Waals surface area (Å²) in [7, 11) is -3.50. The van der Waals surface area contributed by atoms with E-state index in [9.17, 15) is 13.2 Å². The lowest BCUT2D eigenvalue weighted by Crippen LogP contribution is -2.45. The van der Waals surface area contributed by atoms with Crippen LogP contribution < -0.4 is 9.62 Å². The van der Waals surface area contributed by atoms with Crippen molar-refractivity contribution < 1.29 is 13.2 Å². The fourth-order valence-corrected chi connectivity index (χ4v) is 5.03. The van der Waals surface area contributed by atoms with Crippen LogP contribution in [0.3, 0.4) is 0 Å². The van der Waals surface area contributed by atoms with Gasteiger partial charge in [0, 0.05) is 9.61 Å². The number of hydrogen-bond acceptors (Lipinski definition) is 3. The maximum atomic E-state index is 12.4. The van der Waals surface area contributed by atoms with Crippen molar-refractivity contribution in [1.82, 2.24) is 5.32 Å². The molecule has 2 aliphatic rings. The van der Waals surface area contributed by atoms with Crippen molar-refractivity contribution in [3.8, 4) is 0 Å². The van der Waals surface area contributed by atoms with Gasteiger partial charge in [0.1, 0.15) is 6.54 Å². The number of anilines is 1. The van der Waals surface area contributed by atoms with Gasteiger partial charge in [-0.2, -0.15) is 0 Å². The highest BCUT2D eigenvalue weighted by Gasteiger charge is 2.40. The maximum absolute atomic E-state index is 12.4. The Hall–Kier alpha value is -0.830. The van der Waals surface area contributed by atoms with Crippen LogP contribution in [-0.4, -0.2) is 33.2 Å². The molecule has 1 amide bonds. The number of sulfonamides is 1. The SMILES string of the molecule is CS(=O)(=O)N(CC(=O)N[C@H]1C[C@@H]2CC[C@H]1C2)c1ccc(I)cc1. The van der Waals surface area contributed by atoms with E-state index in [1.807, 2.05) is 12.1 Å². The number of halogens is 1. The van der Waals surface area contributed by atoms with Crippen molar-refractivity contribution in [3.63, 3.8) is 0 Å². The normalized spacial score (nSPS) is 26.3. The number of rotatable bonds is 5. The van der Waals surface area contributed by atoms with Gasteiger partial charge in [0.05, 0.1) is 11.9 Å². The average Bonchev–Trinajstić information content (AvgIpc) is 3.07. The molecule has 3 atom stereocenters. The highest BCUT2D eigenvalue weighted by atomic mass is 127. The number of amides is 1. The summed E-state index contributed by atoms with van der Waals surface area (Å²) in [6.45, 7) is -0.159. The van der Waals surface area contributed by atoms with Crippen LogP contribution in [0.5, 0.6) is 0 Å². The molecule has 2 saturated carbocycles. The zero-order chi connectivity index (χ0) is 16.6. The molecule has 5 nitrogen and oxygen atoms in total. The summed E-state index contributed by atoms with van der Waals surface area (Å²) in [6, 6.07) is 7.35. The summed E-state index contributed by atoms with van der Waals surface area (Å²) >= 11 is 2.16. The first kappa shape index (κ1) is 17.0. The lowest BCUT2D eigenvalue weighted by molar-refractivity contribution is -0.120. The molecule has 1 aromatic carbocycles. The van der Waals surface area contributed by atoms with Crippen LogP contribution in [0.25, 0.3) is 0 Å². The Bertz CT molecular complexity index is 690. The van der Waals surface area contributed by atoms with Gasteiger partial charge in [-0.3, -0.25) is 9.10 Å². The van der Waals surface area contributed by atoms with E-state index in [-0.39, 0.29) is 18.5 Å². The van der Waals surface area contributed by atoms with E-state index >= 15 is 0 Å². The van der Waals surface area contributed by atoms with Gasteiger partial charge >= 0.3 is 0 Å². The van der Waals surface area contributed by atoms with Gasteiger partial charge in [-0.05, 0) is 78.0 Å². The zero-order valence-electron chi connectivity index (χ0n) is 13.0. The predicted molar refractivity (Wildman–Crippen MR) is 98.7 cm³/mol. The Labute approximate surface area is 151 Å². The Morgan fingerprint density at radius 1 is 1.26 bits per heavy atom. The highest BCUT2D eigenvalue weighted by molar-refractivity contribution is 14.1. The molecule has 126 valence electrons. The highest BCUT2D eigenvalue weighted by Crippen LogP contribution is 2.44. The van der Waals surface area contributed by atoms with E-state index in [4.69, 9.17) is 0 Å². The smallest absolute Gasteiger partial charge is 0.241 e. The second-order valence-corrected chi connectivity index (χ2v) is 9.75. The molecule has 0 aliphatic heterocycles. The van der Waals surface area contributed by atoms with Gasteiger partial charge in [0.25, 0.3) is 0 Å². The fraction of sp³-hybridized carbons (Fsp3) is 0.562. The molecule has 23 heavy (non-hydrogen) atoms. The summed E-state index contributed by atoms with van der Waals surface area (Å²) in [5.41, 5.74) is 0.524. The van der Waals surface area contributed by atoms with Crippen LogP contribution in [0.15, 0.2) is 24.3 Å². The Morgan fingerprint density at radius 2 is 1.96 bits per heavy atom. The molecule has 2 aliphatic carbocycles. The standard InChI is InChI=1S/C16H21IN2O3S/c1-23(21,22)19(14-6-4-13(17)5-7-14)10-16(20)18-15-9-11-2-3-12(15)8-11/h4-7,11-12,15H,2-3,8-10H2,1H3,(H,18,20)/t11-,12+,15+/m1/s1. The van der Waals surface area contributed by atoms with Gasteiger partial charge < -0.3 is 5.32 Å². The fourth-order valence-electron chi connectivity index (χ4n) is 3.81. The number of carbonyl (C=O) groups excluding carboxylic acids is 1. The van der Waals surface area contributed by atoms with Crippen LogP contribution >= 0.6 is 22.6 Å². The Morgan fingerprint density at radius 3 is 2.48 bits per heavy atom. The van der Waals surface area contributed by atoms with Crippen LogP contribution in [0.1, 0.15) is 25.7 Å². The summed E-state index contributed by atoms with van der Waals surface area (Å²) in [4.78, 5) is 12.4. The molecule has 0 saturated heterocycles. The molecule has 2 bridgehead atoms. The van der Waals surface area contributed by atoms with Gasteiger partial charge in [-0.25, -0.2) is 8.42 Å². The van der Waals surface area contributed by atoms with Crippen molar-refractivity contribution in [2.45, 2.75) is 31.7 Å². The first-order chi connectivity index (χ1) is 10.8. The second kappa shape index (κ2) is 6.58. The molecule has 0 aromatic heterocycles. The molecule has 1 N–H and O–H groups in total. The van der Waals surface area contributed by atoms with Crippen molar-refractivity contribution in [3.05, 3.63) is 27.8 Å². The molecule has 0 spiro atoms. The zero-order valence-corrected chi connectivity index (χ0v) is 16.0. The first-order valence-electron chi connectivity index (χ1n) is 7.85. The summed E-state index contributed by atoms with van der Waals surface area (Å²) in [6.07, 6.45) is 5.84. The molecule has 2 fully saturated rings. The van der Waals surface area contributed by atoms with Gasteiger partial charge in [0.2, 0.25) is 15.9 Å². The third-order valence-electron chi connectivity index (χ3n) is 4.89. The molecule has 3 rings (SSSR count). The van der Waals surface area contributed by atoms with Crippen molar-refractivity contribution in [1.29, 1.82) is 0 Å². The minimum Gasteiger partial charge on any atom is -0.352 e. The van der Waals surface area contributed by atoms with E-state index in [1.165, 1.54) is 23.6 Å². The lowest BCUT2D eigenvalue weighted by Gasteiger charge is -2.26. The Balaban J connectivity index is 1.69. The minimum atomic E-state index is -3.50. The van der Waals surface area contributed by atoms with Crippen LogP contribution in [0.4, 0.5) is 5.69 Å². The largest absolute Gasteiger partial charge is 0.352 e. The first-order valence-corrected chi connectivity index (χ1v) is 10.8. The molecular weight excluding hydrogens is 427 g/mol. The summed E-state index contributed by atoms with van der Waals surface area (Å²) in [5, 5.41) is 3.05. The van der Waals surface area contributed by atoms with Gasteiger partial charge in [0.15, 0.2) is 0 Å². The lowest BCUT2D eigenvalue weighted by atomic mass is 9.95. The van der Waals surface area contributed by atoms with Gasteiger partial charge in [-0.1, -0.05) is 6.42 Å². The topological polar surface area (TPSA) is 66.5 Å². The minimum absolute atomic E-state index is 0.159. The van der Waals surface area contributed by atoms with Gasteiger partial charge in [-0.15, -0.1) is 0 Å². The predicted octanol–water partition coefficient (Wildman–Crippen LogP) is 2.36. The van der Waals surface area contributed by atoms with Crippen LogP contribution in [0, 0.1) is 15.4 Å². The van der Waals surface area contributed by atoms with Crippen LogP contribution in [0.2, 0.25) is 0 Å². The van der Waals surface area contributed by atoms with Crippen molar-refractivity contribution >= 4 is 44.2 Å². The summed E-state index contributed by atoms with van der Waals surface area (Å²) in [5.74, 6) is 1.10. The third-order valence-corrected chi connectivity index (χ3v) is 6.75. The molecule has 0 heterocycles. The van der Waals surface area contributed by atoms with E-state index in [0.717, 1.165) is 22.2 Å². The molecular formula is C16H21IN2O3S. The molecule has 7 heteroatoms. The van der Waals surface area contributed by atoms with E-state index in [1.54, 1.807) is 12.1 Å². The molecule has 1 aromatic rings. The Kier molecular flexibility index (Phi) is 4.87. The average molecular weight is 448 g/mol. The second-order valence-electron chi connectivity index (χ2n) is 6.59. The number of fused-ring (bicyclic) bond motifs is 2. The van der Waals surface area contributed by atoms with Crippen LogP contribution in [-0.2, 0) is 14.8 Å². The molecule has 0 unspecified atom stereocenters. The van der Waals surface area contributed by atoms with E-state index in [2.05, 4.69) is 27.9 Å². The van der Waals surface area contributed by atoms with E-state index < -0.39 is 10.0 Å². The maximum Gasteiger partial charge on any atom is 0.241 e. The van der Waals surface area contributed by atoms with Crippen molar-refractivity contribution in [2.24, 2.45) is 11.8 Å². The van der Waals surface area contributed by atoms with Crippen molar-refractivity contribution in [2.75, 3.05) is 17.1 Å². The monoisotopic (exact) mass is 448 g/mol. The summed E-state index contributed by atoms with van der Waals surface area (Å²) < 4.78 is 26.3. The number of nitrogens with zero attached hydrogens (tertiary/aromatic N) is 1. The number of hydrogen-bond donors (Lipinski definition) is 1. The number of carbonyl (C=O) groups is 1. The third kappa shape index (κ3) is 3.99.